The van der Waals surface area contributed by atoms with E-state index < -0.39 is 10.0 Å². The molecule has 0 spiro atoms. The van der Waals surface area contributed by atoms with Crippen molar-refractivity contribution in [1.29, 1.82) is 0 Å². The highest BCUT2D eigenvalue weighted by atomic mass is 35.5. The van der Waals surface area contributed by atoms with Gasteiger partial charge in [0, 0.05) is 22.3 Å². The Morgan fingerprint density at radius 3 is 2.44 bits per heavy atom. The highest BCUT2D eigenvalue weighted by Crippen LogP contribution is 2.50. The molecule has 0 saturated heterocycles. The minimum Gasteiger partial charge on any atom is -0.378 e. The van der Waals surface area contributed by atoms with Crippen LogP contribution in [0.1, 0.15) is 29.5 Å². The highest BCUT2D eigenvalue weighted by Gasteiger charge is 2.38. The van der Waals surface area contributed by atoms with Crippen LogP contribution in [0.15, 0.2) is 77.7 Å². The predicted molar refractivity (Wildman–Crippen MR) is 132 cm³/mol. The van der Waals surface area contributed by atoms with Gasteiger partial charge in [0.15, 0.2) is 0 Å². The number of benzene rings is 3. The second-order valence-electron chi connectivity index (χ2n) is 8.01. The Morgan fingerprint density at radius 1 is 0.906 bits per heavy atom. The fourth-order valence-corrected chi connectivity index (χ4v) is 6.03. The zero-order chi connectivity index (χ0) is 22.5. The molecule has 4 nitrogen and oxygen atoms in total. The van der Waals surface area contributed by atoms with Gasteiger partial charge in [0.05, 0.1) is 21.0 Å². The summed E-state index contributed by atoms with van der Waals surface area (Å²) in [6, 6.07) is 17.5. The number of hydrogen-bond acceptors (Lipinski definition) is 3. The molecule has 1 aliphatic carbocycles. The molecule has 1 aliphatic heterocycles. The maximum atomic E-state index is 13.0. The minimum atomic E-state index is -3.74. The molecule has 0 amide bonds. The summed E-state index contributed by atoms with van der Waals surface area (Å²) < 4.78 is 28.6. The molecule has 3 aromatic carbocycles. The molecular formula is C24H19Cl3N2O2S. The van der Waals surface area contributed by atoms with Crippen LogP contribution >= 0.6 is 34.8 Å². The molecule has 0 fully saturated rings. The van der Waals surface area contributed by atoms with Gasteiger partial charge in [0.1, 0.15) is 0 Å². The van der Waals surface area contributed by atoms with E-state index in [1.54, 1.807) is 36.4 Å². The molecule has 0 bridgehead atoms. The maximum Gasteiger partial charge on any atom is 0.261 e. The van der Waals surface area contributed by atoms with Gasteiger partial charge in [0.25, 0.3) is 10.0 Å². The van der Waals surface area contributed by atoms with E-state index in [2.05, 4.69) is 22.2 Å². The molecule has 164 valence electrons. The van der Waals surface area contributed by atoms with Crippen LogP contribution in [0.2, 0.25) is 15.1 Å². The van der Waals surface area contributed by atoms with Crippen molar-refractivity contribution >= 4 is 56.2 Å². The third kappa shape index (κ3) is 3.99. The van der Waals surface area contributed by atoms with E-state index in [0.717, 1.165) is 23.2 Å². The molecule has 2 aliphatic rings. The molecule has 8 heteroatoms. The molecule has 0 aromatic heterocycles. The van der Waals surface area contributed by atoms with Crippen LogP contribution in [0.3, 0.4) is 0 Å². The lowest BCUT2D eigenvalue weighted by Crippen LogP contribution is -2.29. The van der Waals surface area contributed by atoms with E-state index in [4.69, 9.17) is 34.8 Å². The second kappa shape index (κ2) is 8.31. The van der Waals surface area contributed by atoms with Crippen molar-refractivity contribution in [2.75, 3.05) is 10.0 Å². The SMILES string of the molecule is O=S(=O)(Nc1ccc(Cl)cc1)c1ccc2c(c1)[C@H]1C=CC[C@H]1[C@@H](c1ccc(Cl)c(Cl)c1)N2. The molecule has 3 atom stereocenters. The van der Waals surface area contributed by atoms with Gasteiger partial charge in [-0.2, -0.15) is 0 Å². The fraction of sp³-hybridized carbons (Fsp3) is 0.167. The topological polar surface area (TPSA) is 58.2 Å². The molecule has 0 radical (unpaired) electrons. The van der Waals surface area contributed by atoms with E-state index >= 15 is 0 Å². The summed E-state index contributed by atoms with van der Waals surface area (Å²) in [4.78, 5) is 0.222. The van der Waals surface area contributed by atoms with E-state index in [1.807, 2.05) is 24.3 Å². The minimum absolute atomic E-state index is 0.0481. The van der Waals surface area contributed by atoms with E-state index in [1.165, 1.54) is 0 Å². The number of sulfonamides is 1. The predicted octanol–water partition coefficient (Wildman–Crippen LogP) is 7.27. The van der Waals surface area contributed by atoms with Crippen LogP contribution in [0.4, 0.5) is 11.4 Å². The number of halogens is 3. The molecule has 1 heterocycles. The number of nitrogens with one attached hydrogen (secondary N) is 2. The van der Waals surface area contributed by atoms with E-state index in [-0.39, 0.29) is 22.8 Å². The number of rotatable bonds is 4. The van der Waals surface area contributed by atoms with Crippen molar-refractivity contribution in [2.45, 2.75) is 23.3 Å². The third-order valence-corrected chi connectivity index (χ3v) is 8.41. The molecule has 32 heavy (non-hydrogen) atoms. The van der Waals surface area contributed by atoms with Gasteiger partial charge in [-0.1, -0.05) is 53.0 Å². The Kier molecular flexibility index (Phi) is 5.62. The quantitative estimate of drug-likeness (QED) is 0.366. The van der Waals surface area contributed by atoms with Gasteiger partial charge in [-0.3, -0.25) is 4.72 Å². The van der Waals surface area contributed by atoms with Crippen LogP contribution in [0, 0.1) is 5.92 Å². The standard InChI is InChI=1S/C24H19Cl3N2O2S/c25-15-5-7-16(8-6-15)29-32(30,31)17-9-11-23-20(13-17)18-2-1-3-19(18)24(28-23)14-4-10-21(26)22(27)12-14/h1-2,4-13,18-19,24,28-29H,3H2/t18-,19+,24+/m0/s1. The molecule has 3 aromatic rings. The average molecular weight is 506 g/mol. The molecule has 2 N–H and O–H groups in total. The number of hydrogen-bond donors (Lipinski definition) is 2. The Bertz CT molecular complexity index is 1320. The van der Waals surface area contributed by atoms with Crippen LogP contribution in [-0.2, 0) is 10.0 Å². The molecular weight excluding hydrogens is 487 g/mol. The van der Waals surface area contributed by atoms with Crippen molar-refractivity contribution < 1.29 is 8.42 Å². The van der Waals surface area contributed by atoms with Crippen LogP contribution < -0.4 is 10.0 Å². The van der Waals surface area contributed by atoms with Gasteiger partial charge >= 0.3 is 0 Å². The van der Waals surface area contributed by atoms with Crippen LogP contribution in [-0.4, -0.2) is 8.42 Å². The second-order valence-corrected chi connectivity index (χ2v) is 10.9. The van der Waals surface area contributed by atoms with Crippen molar-refractivity contribution in [2.24, 2.45) is 5.92 Å². The smallest absolute Gasteiger partial charge is 0.261 e. The van der Waals surface area contributed by atoms with Crippen molar-refractivity contribution in [3.63, 3.8) is 0 Å². The Balaban J connectivity index is 1.48. The third-order valence-electron chi connectivity index (χ3n) is 6.04. The zero-order valence-corrected chi connectivity index (χ0v) is 19.8. The molecule has 0 saturated carbocycles. The summed E-state index contributed by atoms with van der Waals surface area (Å²) in [6.07, 6.45) is 5.21. The van der Waals surface area contributed by atoms with Gasteiger partial charge in [0.2, 0.25) is 0 Å². The van der Waals surface area contributed by atoms with Crippen LogP contribution in [0.25, 0.3) is 0 Å². The van der Waals surface area contributed by atoms with E-state index in [9.17, 15) is 8.42 Å². The lowest BCUT2D eigenvalue weighted by Gasteiger charge is -2.37. The van der Waals surface area contributed by atoms with Gasteiger partial charge in [-0.05, 0) is 78.1 Å². The first kappa shape index (κ1) is 21.7. The fourth-order valence-electron chi connectivity index (χ4n) is 4.51. The Hall–Kier alpha value is -2.18. The highest BCUT2D eigenvalue weighted by molar-refractivity contribution is 7.92. The van der Waals surface area contributed by atoms with Gasteiger partial charge < -0.3 is 5.32 Å². The summed E-state index contributed by atoms with van der Waals surface area (Å²) in [6.45, 7) is 0. The zero-order valence-electron chi connectivity index (χ0n) is 16.7. The molecule has 5 rings (SSSR count). The monoisotopic (exact) mass is 504 g/mol. The van der Waals surface area contributed by atoms with Crippen molar-refractivity contribution in [3.05, 3.63) is 99.0 Å². The first-order chi connectivity index (χ1) is 15.3. The Labute approximate surface area is 202 Å². The summed E-state index contributed by atoms with van der Waals surface area (Å²) in [7, 11) is -3.74. The Morgan fingerprint density at radius 2 is 1.69 bits per heavy atom. The molecule has 0 unspecified atom stereocenters. The summed E-state index contributed by atoms with van der Waals surface area (Å²) in [5, 5.41) is 5.19. The van der Waals surface area contributed by atoms with Gasteiger partial charge in [-0.15, -0.1) is 0 Å². The lowest BCUT2D eigenvalue weighted by atomic mass is 9.77. The van der Waals surface area contributed by atoms with E-state index in [0.29, 0.717) is 20.8 Å². The first-order valence-corrected chi connectivity index (χ1v) is 12.7. The number of allylic oxidation sites excluding steroid dienone is 2. The summed E-state index contributed by atoms with van der Waals surface area (Å²) >= 11 is 18.3. The average Bonchev–Trinajstić information content (AvgIpc) is 3.26. The summed E-state index contributed by atoms with van der Waals surface area (Å²) in [5.74, 6) is 0.360. The van der Waals surface area contributed by atoms with Crippen molar-refractivity contribution in [1.82, 2.24) is 0 Å². The number of anilines is 2. The van der Waals surface area contributed by atoms with Gasteiger partial charge in [-0.25, -0.2) is 8.42 Å². The maximum absolute atomic E-state index is 13.0. The summed E-state index contributed by atoms with van der Waals surface area (Å²) in [5.41, 5.74) is 3.41. The van der Waals surface area contributed by atoms with Crippen molar-refractivity contribution in [3.8, 4) is 0 Å². The first-order valence-electron chi connectivity index (χ1n) is 10.1. The number of fused-ring (bicyclic) bond motifs is 3. The normalized spacial score (nSPS) is 21.5. The lowest BCUT2D eigenvalue weighted by molar-refractivity contribution is 0.425. The largest absolute Gasteiger partial charge is 0.378 e. The van der Waals surface area contributed by atoms with Crippen LogP contribution in [0.5, 0.6) is 0 Å².